The van der Waals surface area contributed by atoms with E-state index in [0.717, 1.165) is 12.1 Å². The number of halogens is 1. The summed E-state index contributed by atoms with van der Waals surface area (Å²) in [6.07, 6.45) is 5.12. The summed E-state index contributed by atoms with van der Waals surface area (Å²) in [6.45, 7) is 8.43. The van der Waals surface area contributed by atoms with Gasteiger partial charge in [-0.05, 0) is 55.7 Å². The van der Waals surface area contributed by atoms with Crippen molar-refractivity contribution in [1.82, 2.24) is 4.90 Å². The van der Waals surface area contributed by atoms with Crippen LogP contribution in [-0.4, -0.2) is 70.0 Å². The molecule has 0 radical (unpaired) electrons. The van der Waals surface area contributed by atoms with Crippen LogP contribution in [0.4, 0.5) is 11.4 Å². The smallest absolute Gasteiger partial charge is 0.251 e. The fourth-order valence-electron chi connectivity index (χ4n) is 6.66. The van der Waals surface area contributed by atoms with Gasteiger partial charge in [-0.15, -0.1) is 24.9 Å². The molecule has 3 saturated heterocycles. The number of anilines is 2. The van der Waals surface area contributed by atoms with Crippen LogP contribution in [-0.2, 0) is 14.4 Å². The summed E-state index contributed by atoms with van der Waals surface area (Å²) in [6, 6.07) is 15.7. The Hall–Kier alpha value is -3.07. The van der Waals surface area contributed by atoms with Crippen molar-refractivity contribution in [3.63, 3.8) is 0 Å². The standard InChI is InChI=1S/C31H34ClN3O4S/c1-3-17-33(22-9-6-5-7-10-22)28(37)25-24-15-16-31(40-24)26(25)29(38)35(19-8-20-36)27(31)30(39)34(18-4-2)23-13-11-21(32)12-14-23/h3-7,9-14,24-27,36H,1-2,8,15-20H2/t24-,25+,26+,27?,31?/m1/s1. The Morgan fingerprint density at radius 3 is 2.27 bits per heavy atom. The third-order valence-corrected chi connectivity index (χ3v) is 10.4. The van der Waals surface area contributed by atoms with Crippen LogP contribution in [0, 0.1) is 11.8 Å². The van der Waals surface area contributed by atoms with E-state index in [0.29, 0.717) is 30.1 Å². The van der Waals surface area contributed by atoms with E-state index in [1.165, 1.54) is 0 Å². The molecular formula is C31H34ClN3O4S. The summed E-state index contributed by atoms with van der Waals surface area (Å²) in [4.78, 5) is 47.9. The van der Waals surface area contributed by atoms with E-state index in [-0.39, 0.29) is 42.7 Å². The first-order valence-corrected chi connectivity index (χ1v) is 14.9. The molecule has 5 rings (SSSR count). The van der Waals surface area contributed by atoms with Crippen LogP contribution in [0.1, 0.15) is 19.3 Å². The van der Waals surface area contributed by atoms with Crippen LogP contribution in [0.25, 0.3) is 0 Å². The van der Waals surface area contributed by atoms with Gasteiger partial charge in [0.1, 0.15) is 6.04 Å². The maximum Gasteiger partial charge on any atom is 0.251 e. The molecule has 3 fully saturated rings. The average Bonchev–Trinajstić information content (AvgIpc) is 3.61. The SMILES string of the molecule is C=CCN(C(=O)C1N(CCCO)C(=O)[C@@H]2[C@@H](C(=O)N(CC=C)c3ccccc3)[C@H]3CCC12S3)c1ccc(Cl)cc1. The summed E-state index contributed by atoms with van der Waals surface area (Å²) in [5.74, 6) is -1.67. The van der Waals surface area contributed by atoms with Crippen molar-refractivity contribution < 1.29 is 19.5 Å². The van der Waals surface area contributed by atoms with Crippen molar-refractivity contribution in [3.05, 3.63) is 84.9 Å². The van der Waals surface area contributed by atoms with Crippen molar-refractivity contribution in [2.45, 2.75) is 35.3 Å². The van der Waals surface area contributed by atoms with Crippen molar-refractivity contribution in [2.24, 2.45) is 11.8 Å². The Morgan fingerprint density at radius 2 is 1.65 bits per heavy atom. The summed E-state index contributed by atoms with van der Waals surface area (Å²) < 4.78 is -0.725. The number of benzene rings is 2. The van der Waals surface area contributed by atoms with Crippen LogP contribution in [0.5, 0.6) is 0 Å². The van der Waals surface area contributed by atoms with Gasteiger partial charge in [0.15, 0.2) is 0 Å². The maximum atomic E-state index is 14.5. The quantitative estimate of drug-likeness (QED) is 0.395. The molecule has 210 valence electrons. The van der Waals surface area contributed by atoms with Crippen LogP contribution >= 0.6 is 23.4 Å². The molecule has 0 aromatic heterocycles. The molecule has 5 atom stereocenters. The van der Waals surface area contributed by atoms with Gasteiger partial charge in [0, 0.05) is 47.9 Å². The molecule has 2 unspecified atom stereocenters. The summed E-state index contributed by atoms with van der Waals surface area (Å²) in [5, 5.41) is 10.1. The molecule has 1 N–H and O–H groups in total. The number of hydrogen-bond acceptors (Lipinski definition) is 5. The number of fused-ring (bicyclic) bond motifs is 1. The minimum atomic E-state index is -0.760. The fraction of sp³-hybridized carbons (Fsp3) is 0.387. The number of thioether (sulfide) groups is 1. The molecule has 9 heteroatoms. The number of carbonyl (C=O) groups excluding carboxylic acids is 3. The topological polar surface area (TPSA) is 81.2 Å². The highest BCUT2D eigenvalue weighted by atomic mass is 35.5. The van der Waals surface area contributed by atoms with Gasteiger partial charge in [-0.1, -0.05) is 42.0 Å². The van der Waals surface area contributed by atoms with Gasteiger partial charge in [-0.25, -0.2) is 0 Å². The number of rotatable bonds is 11. The lowest BCUT2D eigenvalue weighted by atomic mass is 9.70. The van der Waals surface area contributed by atoms with Gasteiger partial charge in [0.25, 0.3) is 5.91 Å². The lowest BCUT2D eigenvalue weighted by Gasteiger charge is -2.37. The Bertz CT molecular complexity index is 1290. The third-order valence-electron chi connectivity index (χ3n) is 8.24. The molecule has 40 heavy (non-hydrogen) atoms. The molecule has 3 aliphatic heterocycles. The maximum absolute atomic E-state index is 14.5. The molecule has 0 saturated carbocycles. The van der Waals surface area contributed by atoms with E-state index in [2.05, 4.69) is 13.2 Å². The Kier molecular flexibility index (Phi) is 8.40. The fourth-order valence-corrected chi connectivity index (χ4v) is 8.99. The zero-order chi connectivity index (χ0) is 28.4. The molecule has 1 spiro atoms. The highest BCUT2D eigenvalue weighted by Gasteiger charge is 2.74. The van der Waals surface area contributed by atoms with Crippen molar-refractivity contribution in [1.29, 1.82) is 0 Å². The first-order chi connectivity index (χ1) is 19.4. The van der Waals surface area contributed by atoms with Crippen molar-refractivity contribution >= 4 is 52.5 Å². The van der Waals surface area contributed by atoms with E-state index >= 15 is 0 Å². The lowest BCUT2D eigenvalue weighted by molar-refractivity contribution is -0.139. The monoisotopic (exact) mass is 579 g/mol. The number of aliphatic hydroxyl groups is 1. The first kappa shape index (κ1) is 28.5. The predicted molar refractivity (Wildman–Crippen MR) is 161 cm³/mol. The molecule has 2 bridgehead atoms. The van der Waals surface area contributed by atoms with E-state index in [4.69, 9.17) is 11.6 Å². The van der Waals surface area contributed by atoms with E-state index < -0.39 is 22.6 Å². The van der Waals surface area contributed by atoms with Gasteiger partial charge in [0.2, 0.25) is 11.8 Å². The van der Waals surface area contributed by atoms with E-state index in [1.807, 2.05) is 30.3 Å². The normalized spacial score (nSPS) is 26.4. The Balaban J connectivity index is 1.54. The third kappa shape index (κ3) is 4.76. The second-order valence-corrected chi connectivity index (χ2v) is 12.5. The van der Waals surface area contributed by atoms with E-state index in [1.54, 1.807) is 62.9 Å². The lowest BCUT2D eigenvalue weighted by Crippen LogP contribution is -2.55. The second kappa shape index (κ2) is 11.8. The molecule has 0 aliphatic carbocycles. The average molecular weight is 580 g/mol. The van der Waals surface area contributed by atoms with Crippen LogP contribution < -0.4 is 9.80 Å². The van der Waals surface area contributed by atoms with E-state index in [9.17, 15) is 19.5 Å². The summed E-state index contributed by atoms with van der Waals surface area (Å²) >= 11 is 7.75. The van der Waals surface area contributed by atoms with Crippen LogP contribution in [0.3, 0.4) is 0 Å². The highest BCUT2D eigenvalue weighted by Crippen LogP contribution is 2.66. The predicted octanol–water partition coefficient (Wildman–Crippen LogP) is 4.55. The number of nitrogens with zero attached hydrogens (tertiary/aromatic N) is 3. The molecule has 3 amide bonds. The summed E-state index contributed by atoms with van der Waals surface area (Å²) in [7, 11) is 0. The molecule has 3 heterocycles. The molecule has 2 aromatic carbocycles. The second-order valence-electron chi connectivity index (χ2n) is 10.5. The largest absolute Gasteiger partial charge is 0.396 e. The number of likely N-dealkylation sites (tertiary alicyclic amines) is 1. The number of amides is 3. The van der Waals surface area contributed by atoms with Crippen LogP contribution in [0.2, 0.25) is 5.02 Å². The van der Waals surface area contributed by atoms with Gasteiger partial charge in [0.05, 0.1) is 16.6 Å². The molecular weight excluding hydrogens is 546 g/mol. The van der Waals surface area contributed by atoms with Crippen molar-refractivity contribution in [3.8, 4) is 0 Å². The van der Waals surface area contributed by atoms with Crippen LogP contribution in [0.15, 0.2) is 79.9 Å². The number of hydrogen-bond donors (Lipinski definition) is 1. The van der Waals surface area contributed by atoms with Crippen molar-refractivity contribution in [2.75, 3.05) is 36.0 Å². The minimum Gasteiger partial charge on any atom is -0.396 e. The summed E-state index contributed by atoms with van der Waals surface area (Å²) in [5.41, 5.74) is 1.42. The Labute approximate surface area is 244 Å². The number of carbonyl (C=O) groups is 3. The number of aliphatic hydroxyl groups excluding tert-OH is 1. The number of para-hydroxylation sites is 1. The van der Waals surface area contributed by atoms with Gasteiger partial charge < -0.3 is 19.8 Å². The van der Waals surface area contributed by atoms with Gasteiger partial charge >= 0.3 is 0 Å². The Morgan fingerprint density at radius 1 is 1.02 bits per heavy atom. The van der Waals surface area contributed by atoms with Gasteiger partial charge in [-0.2, -0.15) is 0 Å². The molecule has 7 nitrogen and oxygen atoms in total. The first-order valence-electron chi connectivity index (χ1n) is 13.6. The molecule has 3 aliphatic rings. The van der Waals surface area contributed by atoms with Gasteiger partial charge in [-0.3, -0.25) is 14.4 Å². The molecule has 2 aromatic rings. The highest BCUT2D eigenvalue weighted by molar-refractivity contribution is 8.02. The zero-order valence-electron chi connectivity index (χ0n) is 22.3. The zero-order valence-corrected chi connectivity index (χ0v) is 23.9. The minimum absolute atomic E-state index is 0.0591.